The fourth-order valence-corrected chi connectivity index (χ4v) is 1.84. The van der Waals surface area contributed by atoms with E-state index in [4.69, 9.17) is 0 Å². The lowest BCUT2D eigenvalue weighted by Crippen LogP contribution is -2.22. The van der Waals surface area contributed by atoms with Crippen LogP contribution in [0.25, 0.3) is 0 Å². The van der Waals surface area contributed by atoms with Gasteiger partial charge in [0.25, 0.3) is 0 Å². The Balaban J connectivity index is 1.94. The largest absolute Gasteiger partial charge is 0.306 e. The molecule has 0 aliphatic rings. The zero-order chi connectivity index (χ0) is 13.9. The molecule has 1 unspecified atom stereocenters. The molecule has 19 heavy (non-hydrogen) atoms. The fourth-order valence-electron chi connectivity index (χ4n) is 1.84. The number of nitrogens with one attached hydrogen (secondary N) is 1. The minimum absolute atomic E-state index is 0.0349. The van der Waals surface area contributed by atoms with Crippen LogP contribution in [-0.4, -0.2) is 14.8 Å². The topological polar surface area (TPSA) is 42.7 Å². The van der Waals surface area contributed by atoms with E-state index in [1.54, 1.807) is 6.20 Å². The Labute approximate surface area is 114 Å². The van der Waals surface area contributed by atoms with Gasteiger partial charge in [-0.25, -0.2) is 0 Å². The zero-order valence-electron chi connectivity index (χ0n) is 12.1. The molecule has 1 N–H and O–H groups in total. The summed E-state index contributed by atoms with van der Waals surface area (Å²) in [5.41, 5.74) is 2.43. The second-order valence-corrected chi connectivity index (χ2v) is 5.85. The van der Waals surface area contributed by atoms with E-state index in [1.807, 2.05) is 23.1 Å². The summed E-state index contributed by atoms with van der Waals surface area (Å²) in [7, 11) is 0. The second-order valence-electron chi connectivity index (χ2n) is 5.85. The molecule has 4 nitrogen and oxygen atoms in total. The van der Waals surface area contributed by atoms with Gasteiger partial charge in [0, 0.05) is 36.7 Å². The predicted octanol–water partition coefficient (Wildman–Crippen LogP) is 2.88. The number of pyridine rings is 1. The van der Waals surface area contributed by atoms with Gasteiger partial charge in [-0.1, -0.05) is 6.07 Å². The van der Waals surface area contributed by atoms with Gasteiger partial charge in [0.1, 0.15) is 0 Å². The van der Waals surface area contributed by atoms with Crippen molar-refractivity contribution in [2.45, 2.75) is 45.8 Å². The van der Waals surface area contributed by atoms with Crippen molar-refractivity contribution in [3.05, 3.63) is 48.0 Å². The summed E-state index contributed by atoms with van der Waals surface area (Å²) in [5.74, 6) is 0. The van der Waals surface area contributed by atoms with Crippen LogP contribution >= 0.6 is 0 Å². The van der Waals surface area contributed by atoms with E-state index < -0.39 is 0 Å². The highest BCUT2D eigenvalue weighted by Crippen LogP contribution is 2.14. The van der Waals surface area contributed by atoms with Gasteiger partial charge < -0.3 is 5.32 Å². The molecule has 1 atom stereocenters. The Morgan fingerprint density at radius 2 is 2.11 bits per heavy atom. The molecule has 0 aliphatic heterocycles. The minimum atomic E-state index is 0.0349. The Morgan fingerprint density at radius 3 is 2.68 bits per heavy atom. The first kappa shape index (κ1) is 13.7. The van der Waals surface area contributed by atoms with Crippen molar-refractivity contribution in [3.8, 4) is 0 Å². The van der Waals surface area contributed by atoms with E-state index in [9.17, 15) is 0 Å². The molecule has 0 aliphatic carbocycles. The molecule has 0 spiro atoms. The third-order valence-electron chi connectivity index (χ3n) is 3.12. The lowest BCUT2D eigenvalue weighted by molar-refractivity contribution is 0.355. The maximum absolute atomic E-state index is 4.40. The third-order valence-corrected chi connectivity index (χ3v) is 3.12. The SMILES string of the molecule is CC(NCc1cnn(C(C)(C)C)c1)c1cccnc1. The molecule has 0 saturated heterocycles. The number of aromatic nitrogens is 3. The van der Waals surface area contributed by atoms with E-state index in [0.29, 0.717) is 0 Å². The van der Waals surface area contributed by atoms with Crippen molar-refractivity contribution in [3.63, 3.8) is 0 Å². The Bertz CT molecular complexity index is 510. The first-order valence-electron chi connectivity index (χ1n) is 6.64. The van der Waals surface area contributed by atoms with Crippen LogP contribution in [0.2, 0.25) is 0 Å². The van der Waals surface area contributed by atoms with Gasteiger partial charge in [0.15, 0.2) is 0 Å². The molecule has 102 valence electrons. The van der Waals surface area contributed by atoms with Crippen LogP contribution in [0.4, 0.5) is 0 Å². The lowest BCUT2D eigenvalue weighted by atomic mass is 10.1. The average Bonchev–Trinajstić information content (AvgIpc) is 2.86. The quantitative estimate of drug-likeness (QED) is 0.917. The van der Waals surface area contributed by atoms with Crippen molar-refractivity contribution in [1.82, 2.24) is 20.1 Å². The fraction of sp³-hybridized carbons (Fsp3) is 0.467. The summed E-state index contributed by atoms with van der Waals surface area (Å²) in [5, 5.41) is 7.89. The Morgan fingerprint density at radius 1 is 1.32 bits per heavy atom. The lowest BCUT2D eigenvalue weighted by Gasteiger charge is -2.18. The molecule has 0 radical (unpaired) electrons. The van der Waals surface area contributed by atoms with Crippen LogP contribution in [-0.2, 0) is 12.1 Å². The molecule has 2 aromatic rings. The normalized spacial score (nSPS) is 13.5. The van der Waals surface area contributed by atoms with E-state index in [0.717, 1.165) is 6.54 Å². The Hall–Kier alpha value is -1.68. The van der Waals surface area contributed by atoms with Crippen molar-refractivity contribution < 1.29 is 0 Å². The molecule has 0 aromatic carbocycles. The van der Waals surface area contributed by atoms with Gasteiger partial charge in [0.05, 0.1) is 11.7 Å². The minimum Gasteiger partial charge on any atom is -0.306 e. The van der Waals surface area contributed by atoms with E-state index >= 15 is 0 Å². The van der Waals surface area contributed by atoms with Crippen molar-refractivity contribution >= 4 is 0 Å². The number of hydrogen-bond donors (Lipinski definition) is 1. The van der Waals surface area contributed by atoms with Crippen molar-refractivity contribution in [1.29, 1.82) is 0 Å². The molecule has 0 fully saturated rings. The number of hydrogen-bond acceptors (Lipinski definition) is 3. The summed E-state index contributed by atoms with van der Waals surface area (Å²) in [4.78, 5) is 4.14. The van der Waals surface area contributed by atoms with Gasteiger partial charge in [0.2, 0.25) is 0 Å². The van der Waals surface area contributed by atoms with Crippen LogP contribution in [0.15, 0.2) is 36.9 Å². The van der Waals surface area contributed by atoms with Gasteiger partial charge in [-0.2, -0.15) is 5.10 Å². The molecular formula is C15H22N4. The maximum atomic E-state index is 4.40. The highest BCUT2D eigenvalue weighted by Gasteiger charge is 2.14. The van der Waals surface area contributed by atoms with Gasteiger partial charge in [-0.05, 0) is 39.3 Å². The molecule has 2 rings (SSSR count). The van der Waals surface area contributed by atoms with Crippen LogP contribution in [0.3, 0.4) is 0 Å². The molecule has 0 bridgehead atoms. The molecule has 0 saturated carbocycles. The molecule has 2 aromatic heterocycles. The van der Waals surface area contributed by atoms with Crippen LogP contribution in [0.1, 0.15) is 44.9 Å². The van der Waals surface area contributed by atoms with Crippen LogP contribution in [0, 0.1) is 0 Å². The van der Waals surface area contributed by atoms with Crippen molar-refractivity contribution in [2.75, 3.05) is 0 Å². The molecule has 0 amide bonds. The zero-order valence-corrected chi connectivity index (χ0v) is 12.1. The average molecular weight is 258 g/mol. The molecular weight excluding hydrogens is 236 g/mol. The van der Waals surface area contributed by atoms with Gasteiger partial charge in [-0.3, -0.25) is 9.67 Å². The predicted molar refractivity (Wildman–Crippen MR) is 76.7 cm³/mol. The maximum Gasteiger partial charge on any atom is 0.0543 e. The highest BCUT2D eigenvalue weighted by molar-refractivity contribution is 5.13. The first-order chi connectivity index (χ1) is 8.97. The van der Waals surface area contributed by atoms with E-state index in [1.165, 1.54) is 11.1 Å². The standard InChI is InChI=1S/C15H22N4/c1-12(14-6-5-7-16-10-14)17-8-13-9-18-19(11-13)15(2,3)4/h5-7,9-12,17H,8H2,1-4H3. The molecule has 2 heterocycles. The van der Waals surface area contributed by atoms with Crippen LogP contribution < -0.4 is 5.32 Å². The number of nitrogens with zero attached hydrogens (tertiary/aromatic N) is 3. The summed E-state index contributed by atoms with van der Waals surface area (Å²) < 4.78 is 2.00. The third kappa shape index (κ3) is 3.64. The van der Waals surface area contributed by atoms with E-state index in [2.05, 4.69) is 55.4 Å². The smallest absolute Gasteiger partial charge is 0.0543 e. The summed E-state index contributed by atoms with van der Waals surface area (Å²) in [6.07, 6.45) is 7.72. The van der Waals surface area contributed by atoms with Crippen molar-refractivity contribution in [2.24, 2.45) is 0 Å². The number of rotatable bonds is 4. The first-order valence-corrected chi connectivity index (χ1v) is 6.64. The van der Waals surface area contributed by atoms with Gasteiger partial charge in [-0.15, -0.1) is 0 Å². The summed E-state index contributed by atoms with van der Waals surface area (Å²) in [6.45, 7) is 9.40. The molecule has 4 heteroatoms. The summed E-state index contributed by atoms with van der Waals surface area (Å²) >= 11 is 0. The highest BCUT2D eigenvalue weighted by atomic mass is 15.3. The second kappa shape index (κ2) is 5.53. The Kier molecular flexibility index (Phi) is 4.00. The summed E-state index contributed by atoms with van der Waals surface area (Å²) in [6, 6.07) is 4.33. The van der Waals surface area contributed by atoms with E-state index in [-0.39, 0.29) is 11.6 Å². The monoisotopic (exact) mass is 258 g/mol. The van der Waals surface area contributed by atoms with Gasteiger partial charge >= 0.3 is 0 Å². The van der Waals surface area contributed by atoms with Crippen LogP contribution in [0.5, 0.6) is 0 Å².